The SMILES string of the molecule is CC(O)CC(C)CNC(=O)c1cccc(NC(=O)C2CC2C)c1. The Hall–Kier alpha value is -1.88. The first kappa shape index (κ1) is 17.5. The van der Waals surface area contributed by atoms with Crippen LogP contribution < -0.4 is 10.6 Å². The van der Waals surface area contributed by atoms with E-state index in [-0.39, 0.29) is 29.8 Å². The van der Waals surface area contributed by atoms with Crippen LogP contribution in [0.1, 0.15) is 44.0 Å². The highest BCUT2D eigenvalue weighted by Gasteiger charge is 2.39. The summed E-state index contributed by atoms with van der Waals surface area (Å²) in [7, 11) is 0. The van der Waals surface area contributed by atoms with Gasteiger partial charge in [-0.1, -0.05) is 19.9 Å². The average molecular weight is 318 g/mol. The quantitative estimate of drug-likeness (QED) is 0.722. The van der Waals surface area contributed by atoms with Crippen molar-refractivity contribution in [3.8, 4) is 0 Å². The second-order valence-corrected chi connectivity index (χ2v) is 6.79. The van der Waals surface area contributed by atoms with Crippen molar-refractivity contribution in [2.75, 3.05) is 11.9 Å². The van der Waals surface area contributed by atoms with Gasteiger partial charge >= 0.3 is 0 Å². The number of carbonyl (C=O) groups is 2. The molecule has 1 saturated carbocycles. The van der Waals surface area contributed by atoms with Crippen LogP contribution in [0.15, 0.2) is 24.3 Å². The molecule has 2 rings (SSSR count). The molecule has 0 radical (unpaired) electrons. The minimum atomic E-state index is -0.370. The normalized spacial score (nSPS) is 22.1. The Bertz CT molecular complexity index is 571. The lowest BCUT2D eigenvalue weighted by Gasteiger charge is -2.14. The van der Waals surface area contributed by atoms with E-state index in [0.29, 0.717) is 30.1 Å². The van der Waals surface area contributed by atoms with Crippen LogP contribution in [-0.2, 0) is 4.79 Å². The Balaban J connectivity index is 1.88. The van der Waals surface area contributed by atoms with Crippen LogP contribution >= 0.6 is 0 Å². The maximum atomic E-state index is 12.2. The summed E-state index contributed by atoms with van der Waals surface area (Å²) >= 11 is 0. The van der Waals surface area contributed by atoms with Crippen LogP contribution in [0.5, 0.6) is 0 Å². The van der Waals surface area contributed by atoms with Crippen molar-refractivity contribution in [1.29, 1.82) is 0 Å². The number of carbonyl (C=O) groups excluding carboxylic acids is 2. The van der Waals surface area contributed by atoms with E-state index in [2.05, 4.69) is 17.6 Å². The van der Waals surface area contributed by atoms with Gasteiger partial charge < -0.3 is 15.7 Å². The first-order valence-electron chi connectivity index (χ1n) is 8.24. The molecule has 1 aromatic rings. The number of hydrogen-bond acceptors (Lipinski definition) is 3. The molecule has 4 unspecified atom stereocenters. The molecule has 0 saturated heterocycles. The minimum absolute atomic E-state index is 0.0283. The molecule has 0 bridgehead atoms. The zero-order valence-corrected chi connectivity index (χ0v) is 14.0. The smallest absolute Gasteiger partial charge is 0.251 e. The van der Waals surface area contributed by atoms with E-state index in [9.17, 15) is 14.7 Å². The van der Waals surface area contributed by atoms with Crippen LogP contribution in [0.4, 0.5) is 5.69 Å². The maximum absolute atomic E-state index is 12.2. The molecular weight excluding hydrogens is 292 g/mol. The third-order valence-corrected chi connectivity index (χ3v) is 4.19. The Morgan fingerprint density at radius 2 is 2.04 bits per heavy atom. The number of nitrogens with one attached hydrogen (secondary N) is 2. The molecule has 2 amide bonds. The second-order valence-electron chi connectivity index (χ2n) is 6.79. The molecule has 0 heterocycles. The van der Waals surface area contributed by atoms with Crippen molar-refractivity contribution < 1.29 is 14.7 Å². The molecule has 0 aromatic heterocycles. The van der Waals surface area contributed by atoms with E-state index in [4.69, 9.17) is 0 Å². The van der Waals surface area contributed by atoms with Crippen LogP contribution in [0, 0.1) is 17.8 Å². The van der Waals surface area contributed by atoms with E-state index in [1.165, 1.54) is 0 Å². The number of benzene rings is 1. The topological polar surface area (TPSA) is 78.4 Å². The summed E-state index contributed by atoms with van der Waals surface area (Å²) < 4.78 is 0. The van der Waals surface area contributed by atoms with E-state index in [1.54, 1.807) is 31.2 Å². The summed E-state index contributed by atoms with van der Waals surface area (Å²) in [6.07, 6.45) is 1.22. The van der Waals surface area contributed by atoms with Crippen LogP contribution in [0.25, 0.3) is 0 Å². The van der Waals surface area contributed by atoms with Crippen molar-refractivity contribution in [1.82, 2.24) is 5.32 Å². The van der Waals surface area contributed by atoms with Gasteiger partial charge in [-0.3, -0.25) is 9.59 Å². The molecule has 1 aromatic carbocycles. The number of rotatable bonds is 7. The molecule has 4 atom stereocenters. The van der Waals surface area contributed by atoms with Gasteiger partial charge in [-0.2, -0.15) is 0 Å². The molecule has 0 spiro atoms. The van der Waals surface area contributed by atoms with Crippen molar-refractivity contribution in [2.45, 2.75) is 39.7 Å². The highest BCUT2D eigenvalue weighted by Crippen LogP contribution is 2.38. The zero-order valence-electron chi connectivity index (χ0n) is 14.0. The molecule has 3 N–H and O–H groups in total. The first-order valence-corrected chi connectivity index (χ1v) is 8.24. The lowest BCUT2D eigenvalue weighted by Crippen LogP contribution is -2.29. The fraction of sp³-hybridized carbons (Fsp3) is 0.556. The van der Waals surface area contributed by atoms with Gasteiger partial charge in [0.15, 0.2) is 0 Å². The fourth-order valence-electron chi connectivity index (χ4n) is 2.70. The third-order valence-electron chi connectivity index (χ3n) is 4.19. The van der Waals surface area contributed by atoms with E-state index in [1.807, 2.05) is 6.92 Å². The molecule has 126 valence electrons. The highest BCUT2D eigenvalue weighted by molar-refractivity contribution is 5.98. The number of hydrogen-bond donors (Lipinski definition) is 3. The molecule has 1 aliphatic rings. The van der Waals surface area contributed by atoms with Gasteiger partial charge in [0.25, 0.3) is 5.91 Å². The predicted octanol–water partition coefficient (Wildman–Crippen LogP) is 2.42. The summed E-state index contributed by atoms with van der Waals surface area (Å²) in [4.78, 5) is 24.1. The lowest BCUT2D eigenvalue weighted by atomic mass is 10.0. The molecule has 23 heavy (non-hydrogen) atoms. The average Bonchev–Trinajstić information content (AvgIpc) is 3.21. The Labute approximate surface area is 137 Å². The summed E-state index contributed by atoms with van der Waals surface area (Å²) in [6.45, 7) is 6.30. The van der Waals surface area contributed by atoms with Crippen LogP contribution in [0.3, 0.4) is 0 Å². The monoisotopic (exact) mass is 318 g/mol. The predicted molar refractivity (Wildman–Crippen MR) is 90.1 cm³/mol. The number of anilines is 1. The van der Waals surface area contributed by atoms with Crippen molar-refractivity contribution in [3.05, 3.63) is 29.8 Å². The lowest BCUT2D eigenvalue weighted by molar-refractivity contribution is -0.117. The molecule has 5 nitrogen and oxygen atoms in total. The van der Waals surface area contributed by atoms with Gasteiger partial charge in [0.2, 0.25) is 5.91 Å². The number of amides is 2. The first-order chi connectivity index (χ1) is 10.9. The van der Waals surface area contributed by atoms with Crippen LogP contribution in [0.2, 0.25) is 0 Å². The van der Waals surface area contributed by atoms with Gasteiger partial charge in [0, 0.05) is 23.7 Å². The number of aliphatic hydroxyl groups excluding tert-OH is 1. The maximum Gasteiger partial charge on any atom is 0.251 e. The van der Waals surface area contributed by atoms with Crippen molar-refractivity contribution >= 4 is 17.5 Å². The fourth-order valence-corrected chi connectivity index (χ4v) is 2.70. The molecule has 0 aliphatic heterocycles. The van der Waals surface area contributed by atoms with Gasteiger partial charge in [0.05, 0.1) is 6.10 Å². The standard InChI is InChI=1S/C18H26N2O3/c1-11(7-13(3)21)10-19-17(22)14-5-4-6-15(9-14)20-18(23)16-8-12(16)2/h4-6,9,11-13,16,21H,7-8,10H2,1-3H3,(H,19,22)(H,20,23). The van der Waals surface area contributed by atoms with Crippen molar-refractivity contribution in [2.24, 2.45) is 17.8 Å². The minimum Gasteiger partial charge on any atom is -0.393 e. The third kappa shape index (κ3) is 5.36. The van der Waals surface area contributed by atoms with Gasteiger partial charge in [-0.25, -0.2) is 0 Å². The molecule has 5 heteroatoms. The summed E-state index contributed by atoms with van der Waals surface area (Å²) in [5, 5.41) is 15.1. The largest absolute Gasteiger partial charge is 0.393 e. The van der Waals surface area contributed by atoms with Crippen molar-refractivity contribution in [3.63, 3.8) is 0 Å². The zero-order chi connectivity index (χ0) is 17.0. The van der Waals surface area contributed by atoms with Gasteiger partial charge in [-0.05, 0) is 49.8 Å². The summed E-state index contributed by atoms with van der Waals surface area (Å²) in [5.41, 5.74) is 1.18. The second kappa shape index (κ2) is 7.59. The molecule has 1 fully saturated rings. The Morgan fingerprint density at radius 3 is 2.65 bits per heavy atom. The van der Waals surface area contributed by atoms with E-state index in [0.717, 1.165) is 6.42 Å². The Morgan fingerprint density at radius 1 is 1.35 bits per heavy atom. The van der Waals surface area contributed by atoms with Gasteiger partial charge in [-0.15, -0.1) is 0 Å². The molecule has 1 aliphatic carbocycles. The van der Waals surface area contributed by atoms with E-state index >= 15 is 0 Å². The highest BCUT2D eigenvalue weighted by atomic mass is 16.3. The number of aliphatic hydroxyl groups is 1. The van der Waals surface area contributed by atoms with Gasteiger partial charge in [0.1, 0.15) is 0 Å². The Kier molecular flexibility index (Phi) is 5.77. The van der Waals surface area contributed by atoms with Crippen LogP contribution in [-0.4, -0.2) is 29.6 Å². The summed E-state index contributed by atoms with van der Waals surface area (Å²) in [5.74, 6) is 0.628. The summed E-state index contributed by atoms with van der Waals surface area (Å²) in [6, 6.07) is 6.97. The molecular formula is C18H26N2O3. The van der Waals surface area contributed by atoms with E-state index < -0.39 is 0 Å².